The summed E-state index contributed by atoms with van der Waals surface area (Å²) in [4.78, 5) is 0. The molecule has 86 valence electrons. The van der Waals surface area contributed by atoms with Crippen LogP contribution in [-0.2, 0) is 9.31 Å². The van der Waals surface area contributed by atoms with Crippen molar-refractivity contribution in [2.75, 3.05) is 7.11 Å². The van der Waals surface area contributed by atoms with E-state index >= 15 is 0 Å². The summed E-state index contributed by atoms with van der Waals surface area (Å²) in [6, 6.07) is 0. The molecule has 1 unspecified atom stereocenters. The number of hydrogen-bond acceptors (Lipinski definition) is 2. The predicted octanol–water partition coefficient (Wildman–Crippen LogP) is 3.22. The molecule has 3 heteroatoms. The molecular formula is C12H23BO2. The molecule has 0 fully saturated rings. The van der Waals surface area contributed by atoms with E-state index in [9.17, 15) is 0 Å². The van der Waals surface area contributed by atoms with Crippen LogP contribution in [0.15, 0.2) is 11.5 Å². The van der Waals surface area contributed by atoms with Crippen molar-refractivity contribution in [2.24, 2.45) is 5.92 Å². The third kappa shape index (κ3) is 4.39. The fourth-order valence-electron chi connectivity index (χ4n) is 1.93. The topological polar surface area (TPSA) is 18.5 Å². The van der Waals surface area contributed by atoms with Crippen LogP contribution in [0.4, 0.5) is 0 Å². The summed E-state index contributed by atoms with van der Waals surface area (Å²) in [7, 11) is 1.56. The number of allylic oxidation sites excluding steroid dienone is 2. The van der Waals surface area contributed by atoms with Crippen molar-refractivity contribution in [3.05, 3.63) is 11.5 Å². The molecule has 0 amide bonds. The van der Waals surface area contributed by atoms with Crippen molar-refractivity contribution < 1.29 is 9.31 Å². The standard InChI is InChI=1S/C12H23BO2/c1-10-7-6-8-11(9-10)13(14-5)15-12(2,3)4/h8,10H,6-7,9H2,1-5H3. The minimum Gasteiger partial charge on any atom is -0.410 e. The Morgan fingerprint density at radius 1 is 1.40 bits per heavy atom. The second-order valence-electron chi connectivity index (χ2n) is 5.46. The summed E-state index contributed by atoms with van der Waals surface area (Å²) in [6.07, 6.45) is 5.83. The largest absolute Gasteiger partial charge is 0.489 e. The maximum Gasteiger partial charge on any atom is 0.489 e. The summed E-state index contributed by atoms with van der Waals surface area (Å²) in [5.41, 5.74) is 1.16. The molecule has 15 heavy (non-hydrogen) atoms. The van der Waals surface area contributed by atoms with E-state index in [1.165, 1.54) is 11.9 Å². The molecule has 0 aromatic rings. The molecule has 0 aromatic carbocycles. The quantitative estimate of drug-likeness (QED) is 0.666. The Kier molecular flexibility index (Phi) is 4.41. The second-order valence-corrected chi connectivity index (χ2v) is 5.46. The first kappa shape index (κ1) is 12.8. The van der Waals surface area contributed by atoms with Gasteiger partial charge in [-0.2, -0.15) is 0 Å². The van der Waals surface area contributed by atoms with Gasteiger partial charge in [0.15, 0.2) is 0 Å². The van der Waals surface area contributed by atoms with E-state index in [0.29, 0.717) is 0 Å². The average molecular weight is 210 g/mol. The Morgan fingerprint density at radius 3 is 2.53 bits per heavy atom. The first-order valence-corrected chi connectivity index (χ1v) is 5.82. The predicted molar refractivity (Wildman–Crippen MR) is 64.7 cm³/mol. The fraction of sp³-hybridized carbons (Fsp3) is 0.833. The Morgan fingerprint density at radius 2 is 2.07 bits per heavy atom. The zero-order valence-corrected chi connectivity index (χ0v) is 10.7. The van der Waals surface area contributed by atoms with Gasteiger partial charge in [-0.1, -0.05) is 13.0 Å². The molecule has 0 aliphatic heterocycles. The van der Waals surface area contributed by atoms with Gasteiger partial charge in [0.05, 0.1) is 0 Å². The van der Waals surface area contributed by atoms with Crippen LogP contribution in [0.25, 0.3) is 0 Å². The summed E-state index contributed by atoms with van der Waals surface area (Å²) in [5, 5.41) is 0. The SMILES string of the molecule is COB(OC(C)(C)C)C1=CCCC(C)C1. The molecule has 0 saturated heterocycles. The lowest BCUT2D eigenvalue weighted by Crippen LogP contribution is -2.35. The van der Waals surface area contributed by atoms with Crippen molar-refractivity contribution in [3.8, 4) is 0 Å². The van der Waals surface area contributed by atoms with Crippen molar-refractivity contribution >= 4 is 7.12 Å². The number of rotatable bonds is 3. The molecule has 0 N–H and O–H groups in total. The molecular weight excluding hydrogens is 187 g/mol. The molecule has 2 nitrogen and oxygen atoms in total. The lowest BCUT2D eigenvalue weighted by molar-refractivity contribution is 0.0948. The Hall–Kier alpha value is -0.275. The highest BCUT2D eigenvalue weighted by molar-refractivity contribution is 6.53. The van der Waals surface area contributed by atoms with Gasteiger partial charge in [0, 0.05) is 12.7 Å². The first-order valence-electron chi connectivity index (χ1n) is 5.82. The normalized spacial score (nSPS) is 22.5. The van der Waals surface area contributed by atoms with Gasteiger partial charge in [-0.25, -0.2) is 0 Å². The van der Waals surface area contributed by atoms with E-state index in [-0.39, 0.29) is 12.7 Å². The van der Waals surface area contributed by atoms with Gasteiger partial charge in [-0.3, -0.25) is 0 Å². The van der Waals surface area contributed by atoms with Crippen LogP contribution in [-0.4, -0.2) is 19.8 Å². The second kappa shape index (κ2) is 5.17. The summed E-state index contributed by atoms with van der Waals surface area (Å²) in [6.45, 7) is 8.47. The Labute approximate surface area is 94.2 Å². The van der Waals surface area contributed by atoms with Crippen LogP contribution in [0.1, 0.15) is 47.0 Å². The molecule has 0 spiro atoms. The summed E-state index contributed by atoms with van der Waals surface area (Å²) in [5.74, 6) is 0.756. The third-order valence-corrected chi connectivity index (χ3v) is 2.63. The van der Waals surface area contributed by atoms with E-state index in [0.717, 1.165) is 18.8 Å². The van der Waals surface area contributed by atoms with Crippen LogP contribution < -0.4 is 0 Å². The van der Waals surface area contributed by atoms with Crippen molar-refractivity contribution in [1.82, 2.24) is 0 Å². The molecule has 1 rings (SSSR count). The highest BCUT2D eigenvalue weighted by Crippen LogP contribution is 2.27. The molecule has 0 heterocycles. The van der Waals surface area contributed by atoms with Crippen LogP contribution in [0.2, 0.25) is 0 Å². The van der Waals surface area contributed by atoms with Crippen LogP contribution in [0.3, 0.4) is 0 Å². The van der Waals surface area contributed by atoms with Crippen LogP contribution >= 0.6 is 0 Å². The Balaban J connectivity index is 2.62. The first-order chi connectivity index (χ1) is 6.92. The maximum absolute atomic E-state index is 5.88. The van der Waals surface area contributed by atoms with Gasteiger partial charge in [0.25, 0.3) is 0 Å². The van der Waals surface area contributed by atoms with Gasteiger partial charge in [-0.05, 0) is 51.4 Å². The maximum atomic E-state index is 5.88. The highest BCUT2D eigenvalue weighted by atomic mass is 16.6. The zero-order valence-electron chi connectivity index (χ0n) is 10.7. The molecule has 0 aromatic heterocycles. The van der Waals surface area contributed by atoms with Gasteiger partial charge >= 0.3 is 7.12 Å². The zero-order chi connectivity index (χ0) is 11.5. The molecule has 0 radical (unpaired) electrons. The monoisotopic (exact) mass is 210 g/mol. The molecule has 1 atom stereocenters. The molecule has 1 aliphatic carbocycles. The van der Waals surface area contributed by atoms with E-state index in [4.69, 9.17) is 9.31 Å². The fourth-order valence-corrected chi connectivity index (χ4v) is 1.93. The minimum atomic E-state index is -0.159. The van der Waals surface area contributed by atoms with Crippen molar-refractivity contribution in [2.45, 2.75) is 52.6 Å². The van der Waals surface area contributed by atoms with Gasteiger partial charge in [0.1, 0.15) is 0 Å². The summed E-state index contributed by atoms with van der Waals surface area (Å²) < 4.78 is 11.3. The molecule has 0 bridgehead atoms. The van der Waals surface area contributed by atoms with Crippen molar-refractivity contribution in [1.29, 1.82) is 0 Å². The molecule has 0 saturated carbocycles. The third-order valence-electron chi connectivity index (χ3n) is 2.63. The highest BCUT2D eigenvalue weighted by Gasteiger charge is 2.30. The van der Waals surface area contributed by atoms with E-state index in [1.807, 2.05) is 0 Å². The van der Waals surface area contributed by atoms with Crippen LogP contribution in [0.5, 0.6) is 0 Å². The van der Waals surface area contributed by atoms with E-state index in [1.54, 1.807) is 7.11 Å². The van der Waals surface area contributed by atoms with Gasteiger partial charge < -0.3 is 9.31 Å². The smallest absolute Gasteiger partial charge is 0.410 e. The summed E-state index contributed by atoms with van der Waals surface area (Å²) >= 11 is 0. The van der Waals surface area contributed by atoms with Crippen LogP contribution in [0, 0.1) is 5.92 Å². The lowest BCUT2D eigenvalue weighted by atomic mass is 9.69. The van der Waals surface area contributed by atoms with E-state index < -0.39 is 0 Å². The van der Waals surface area contributed by atoms with Gasteiger partial charge in [0.2, 0.25) is 0 Å². The lowest BCUT2D eigenvalue weighted by Gasteiger charge is -2.28. The van der Waals surface area contributed by atoms with Crippen molar-refractivity contribution in [3.63, 3.8) is 0 Å². The number of hydrogen-bond donors (Lipinski definition) is 0. The average Bonchev–Trinajstić information content (AvgIpc) is 2.13. The van der Waals surface area contributed by atoms with Gasteiger partial charge in [-0.15, -0.1) is 0 Å². The minimum absolute atomic E-state index is 0.151. The Bertz CT molecular complexity index is 230. The molecule has 1 aliphatic rings. The van der Waals surface area contributed by atoms with E-state index in [2.05, 4.69) is 33.8 Å².